The molecule has 0 atom stereocenters. The van der Waals surface area contributed by atoms with Crippen LogP contribution in [0.4, 0.5) is 4.39 Å². The number of aromatic nitrogens is 2. The first-order valence-corrected chi connectivity index (χ1v) is 8.59. The van der Waals surface area contributed by atoms with Crippen molar-refractivity contribution in [3.8, 4) is 5.69 Å². The molecule has 0 unspecified atom stereocenters. The molecule has 2 saturated heterocycles. The highest BCUT2D eigenvalue weighted by atomic mass is 19.1. The lowest BCUT2D eigenvalue weighted by molar-refractivity contribution is 0.00715. The predicted octanol–water partition coefficient (Wildman–Crippen LogP) is 1.42. The summed E-state index contributed by atoms with van der Waals surface area (Å²) >= 11 is 0. The van der Waals surface area contributed by atoms with Gasteiger partial charge in [0.25, 0.3) is 5.91 Å². The molecule has 7 heteroatoms. The lowest BCUT2D eigenvalue weighted by atomic mass is 9.98. The van der Waals surface area contributed by atoms with E-state index < -0.39 is 0 Å². The van der Waals surface area contributed by atoms with Crippen molar-refractivity contribution in [2.75, 3.05) is 45.9 Å². The number of likely N-dealkylation sites (tertiary alicyclic amines) is 1. The Kier molecular flexibility index (Phi) is 4.50. The van der Waals surface area contributed by atoms with Crippen molar-refractivity contribution < 1.29 is 13.9 Å². The summed E-state index contributed by atoms with van der Waals surface area (Å²) in [6, 6.07) is 6.39. The van der Waals surface area contributed by atoms with E-state index in [-0.39, 0.29) is 11.7 Å². The third-order valence-electron chi connectivity index (χ3n) is 4.79. The number of hydrogen-bond donors (Lipinski definition) is 0. The summed E-state index contributed by atoms with van der Waals surface area (Å²) < 4.78 is 20.6. The van der Waals surface area contributed by atoms with Crippen LogP contribution >= 0.6 is 0 Å². The molecule has 0 bridgehead atoms. The molecule has 0 radical (unpaired) electrons. The molecule has 132 valence electrons. The van der Waals surface area contributed by atoms with Gasteiger partial charge in [-0.05, 0) is 12.1 Å². The van der Waals surface area contributed by atoms with E-state index in [0.29, 0.717) is 17.2 Å². The van der Waals surface area contributed by atoms with Crippen molar-refractivity contribution in [3.63, 3.8) is 0 Å². The Hall–Kier alpha value is -2.25. The molecule has 4 rings (SSSR count). The SMILES string of the molecule is O=C(c1cnn(-c2ccccc2F)c1)N1CC(CN2CCOCC2)C1. The molecule has 0 N–H and O–H groups in total. The number of halogens is 1. The quantitative estimate of drug-likeness (QED) is 0.842. The smallest absolute Gasteiger partial charge is 0.257 e. The van der Waals surface area contributed by atoms with Crippen molar-refractivity contribution in [1.29, 1.82) is 0 Å². The zero-order valence-corrected chi connectivity index (χ0v) is 14.0. The Labute approximate surface area is 145 Å². The Bertz CT molecular complexity index is 751. The van der Waals surface area contributed by atoms with Crippen molar-refractivity contribution in [2.24, 2.45) is 5.92 Å². The van der Waals surface area contributed by atoms with Crippen LogP contribution in [0.3, 0.4) is 0 Å². The third-order valence-corrected chi connectivity index (χ3v) is 4.79. The van der Waals surface area contributed by atoms with E-state index in [2.05, 4.69) is 10.00 Å². The summed E-state index contributed by atoms with van der Waals surface area (Å²) in [5.74, 6) is 0.114. The number of hydrogen-bond acceptors (Lipinski definition) is 4. The molecule has 0 spiro atoms. The second-order valence-corrected chi connectivity index (χ2v) is 6.61. The van der Waals surface area contributed by atoms with E-state index in [0.717, 1.165) is 45.9 Å². The van der Waals surface area contributed by atoms with Crippen LogP contribution in [0.25, 0.3) is 5.69 Å². The fourth-order valence-electron chi connectivity index (χ4n) is 3.39. The molecule has 0 saturated carbocycles. The molecule has 6 nitrogen and oxygen atoms in total. The zero-order chi connectivity index (χ0) is 17.2. The van der Waals surface area contributed by atoms with Crippen LogP contribution in [0.2, 0.25) is 0 Å². The van der Waals surface area contributed by atoms with Crippen molar-refractivity contribution in [1.82, 2.24) is 19.6 Å². The normalized spacial score (nSPS) is 19.0. The summed E-state index contributed by atoms with van der Waals surface area (Å²) in [7, 11) is 0. The van der Waals surface area contributed by atoms with E-state index in [1.807, 2.05) is 4.90 Å². The number of morpholine rings is 1. The molecule has 2 fully saturated rings. The van der Waals surface area contributed by atoms with Crippen molar-refractivity contribution >= 4 is 5.91 Å². The highest BCUT2D eigenvalue weighted by Crippen LogP contribution is 2.21. The largest absolute Gasteiger partial charge is 0.379 e. The number of ether oxygens (including phenoxy) is 1. The number of amides is 1. The topological polar surface area (TPSA) is 50.6 Å². The Balaban J connectivity index is 1.34. The second-order valence-electron chi connectivity index (χ2n) is 6.61. The van der Waals surface area contributed by atoms with Crippen LogP contribution < -0.4 is 0 Å². The molecule has 2 aromatic rings. The minimum atomic E-state index is -0.362. The molecule has 1 aromatic heterocycles. The van der Waals surface area contributed by atoms with Gasteiger partial charge in [0.05, 0.1) is 25.0 Å². The average Bonchev–Trinajstić information content (AvgIpc) is 3.08. The lowest BCUT2D eigenvalue weighted by Gasteiger charge is -2.42. The Morgan fingerprint density at radius 1 is 1.24 bits per heavy atom. The second kappa shape index (κ2) is 6.93. The summed E-state index contributed by atoms with van der Waals surface area (Å²) in [5, 5.41) is 4.13. The summed E-state index contributed by atoms with van der Waals surface area (Å²) in [4.78, 5) is 16.8. The summed E-state index contributed by atoms with van der Waals surface area (Å²) in [6.45, 7) is 6.08. The first kappa shape index (κ1) is 16.2. The lowest BCUT2D eigenvalue weighted by Crippen LogP contribution is -2.54. The fraction of sp³-hybridized carbons (Fsp3) is 0.444. The van der Waals surface area contributed by atoms with Crippen molar-refractivity contribution in [2.45, 2.75) is 0 Å². The van der Waals surface area contributed by atoms with Crippen LogP contribution in [0.1, 0.15) is 10.4 Å². The average molecular weight is 344 g/mol. The predicted molar refractivity (Wildman–Crippen MR) is 90.2 cm³/mol. The van der Waals surface area contributed by atoms with Gasteiger partial charge >= 0.3 is 0 Å². The Morgan fingerprint density at radius 3 is 2.76 bits per heavy atom. The molecule has 1 aromatic carbocycles. The van der Waals surface area contributed by atoms with Crippen LogP contribution in [0, 0.1) is 11.7 Å². The first-order valence-electron chi connectivity index (χ1n) is 8.59. The van der Waals surface area contributed by atoms with Crippen LogP contribution in [-0.2, 0) is 4.74 Å². The van der Waals surface area contributed by atoms with E-state index in [4.69, 9.17) is 4.74 Å². The molecule has 25 heavy (non-hydrogen) atoms. The van der Waals surface area contributed by atoms with E-state index >= 15 is 0 Å². The van der Waals surface area contributed by atoms with Gasteiger partial charge in [-0.2, -0.15) is 5.10 Å². The summed E-state index contributed by atoms with van der Waals surface area (Å²) in [5.41, 5.74) is 0.837. The maximum atomic E-state index is 13.8. The van der Waals surface area contributed by atoms with Gasteiger partial charge in [-0.25, -0.2) is 9.07 Å². The van der Waals surface area contributed by atoms with Gasteiger partial charge in [0.15, 0.2) is 0 Å². The van der Waals surface area contributed by atoms with E-state index in [1.165, 1.54) is 16.9 Å². The monoisotopic (exact) mass is 344 g/mol. The van der Waals surface area contributed by atoms with Crippen molar-refractivity contribution in [3.05, 3.63) is 48.0 Å². The van der Waals surface area contributed by atoms with Gasteiger partial charge in [0.1, 0.15) is 11.5 Å². The highest BCUT2D eigenvalue weighted by Gasteiger charge is 2.33. The molecule has 1 amide bonds. The first-order chi connectivity index (χ1) is 12.2. The maximum absolute atomic E-state index is 13.8. The standard InChI is InChI=1S/C18H21FN4O2/c19-16-3-1-2-4-17(16)23-13-15(9-20-23)18(24)22-11-14(12-22)10-21-5-7-25-8-6-21/h1-4,9,13-14H,5-8,10-12H2. The van der Waals surface area contributed by atoms with Crippen LogP contribution in [0.15, 0.2) is 36.7 Å². The minimum absolute atomic E-state index is 0.0409. The maximum Gasteiger partial charge on any atom is 0.257 e. The Morgan fingerprint density at radius 2 is 2.00 bits per heavy atom. The number of carbonyl (C=O) groups excluding carboxylic acids is 1. The summed E-state index contributed by atoms with van der Waals surface area (Å²) in [6.07, 6.45) is 3.10. The molecular formula is C18H21FN4O2. The highest BCUT2D eigenvalue weighted by molar-refractivity contribution is 5.94. The van der Waals surface area contributed by atoms with Gasteiger partial charge in [-0.15, -0.1) is 0 Å². The van der Waals surface area contributed by atoms with Gasteiger partial charge in [0.2, 0.25) is 0 Å². The minimum Gasteiger partial charge on any atom is -0.379 e. The molecule has 0 aliphatic carbocycles. The number of benzene rings is 1. The van der Waals surface area contributed by atoms with Crippen LogP contribution in [0.5, 0.6) is 0 Å². The number of nitrogens with zero attached hydrogens (tertiary/aromatic N) is 4. The van der Waals surface area contributed by atoms with Gasteiger partial charge < -0.3 is 9.64 Å². The molecule has 2 aliphatic heterocycles. The van der Waals surface area contributed by atoms with Gasteiger partial charge in [-0.3, -0.25) is 9.69 Å². The van der Waals surface area contributed by atoms with Gasteiger partial charge in [-0.1, -0.05) is 12.1 Å². The molecule has 3 heterocycles. The number of para-hydroxylation sites is 1. The fourth-order valence-corrected chi connectivity index (χ4v) is 3.39. The van der Waals surface area contributed by atoms with E-state index in [1.54, 1.807) is 24.4 Å². The van der Waals surface area contributed by atoms with Crippen LogP contribution in [-0.4, -0.2) is 71.4 Å². The molecular weight excluding hydrogens is 323 g/mol. The molecule has 2 aliphatic rings. The van der Waals surface area contributed by atoms with Gasteiger partial charge in [0, 0.05) is 44.8 Å². The zero-order valence-electron chi connectivity index (χ0n) is 14.0. The van der Waals surface area contributed by atoms with E-state index in [9.17, 15) is 9.18 Å². The third kappa shape index (κ3) is 3.43. The number of carbonyl (C=O) groups is 1. The number of rotatable bonds is 4.